The second-order valence-corrected chi connectivity index (χ2v) is 7.68. The van der Waals surface area contributed by atoms with Gasteiger partial charge in [0.15, 0.2) is 0 Å². The van der Waals surface area contributed by atoms with Crippen molar-refractivity contribution in [2.24, 2.45) is 28.9 Å². The lowest BCUT2D eigenvalue weighted by Crippen LogP contribution is -2.46. The highest BCUT2D eigenvalue weighted by molar-refractivity contribution is 5.01. The van der Waals surface area contributed by atoms with Crippen LogP contribution in [0.15, 0.2) is 6.20 Å². The monoisotopic (exact) mass is 274 g/mol. The van der Waals surface area contributed by atoms with E-state index in [9.17, 15) is 0 Å². The third kappa shape index (κ3) is 2.28. The summed E-state index contributed by atoms with van der Waals surface area (Å²) in [6.45, 7) is 1.71. The lowest BCUT2D eigenvalue weighted by atomic mass is 9.49. The first-order valence-corrected chi connectivity index (χ1v) is 8.34. The van der Waals surface area contributed by atoms with Crippen molar-refractivity contribution in [3.8, 4) is 0 Å². The Balaban J connectivity index is 1.41. The predicted octanol–water partition coefficient (Wildman–Crippen LogP) is 2.39. The first-order chi connectivity index (χ1) is 9.75. The van der Waals surface area contributed by atoms with Gasteiger partial charge in [0.25, 0.3) is 0 Å². The summed E-state index contributed by atoms with van der Waals surface area (Å²) in [6, 6.07) is 0. The summed E-state index contributed by atoms with van der Waals surface area (Å²) in [5.41, 5.74) is 7.26. The molecule has 4 aliphatic carbocycles. The van der Waals surface area contributed by atoms with Gasteiger partial charge in [0, 0.05) is 19.2 Å². The molecule has 0 spiro atoms. The summed E-state index contributed by atoms with van der Waals surface area (Å²) in [4.78, 5) is 0. The first kappa shape index (κ1) is 12.8. The summed E-state index contributed by atoms with van der Waals surface area (Å²) < 4.78 is 2.05. The molecular formula is C16H26N4. The fraction of sp³-hybridized carbons (Fsp3) is 0.875. The summed E-state index contributed by atoms with van der Waals surface area (Å²) in [5, 5.41) is 8.47. The molecule has 0 atom stereocenters. The van der Waals surface area contributed by atoms with Crippen LogP contribution in [0.25, 0.3) is 0 Å². The van der Waals surface area contributed by atoms with Gasteiger partial charge in [-0.05, 0) is 74.7 Å². The van der Waals surface area contributed by atoms with E-state index in [1.165, 1.54) is 44.9 Å². The van der Waals surface area contributed by atoms with E-state index < -0.39 is 0 Å². The highest BCUT2D eigenvalue weighted by Crippen LogP contribution is 2.61. The van der Waals surface area contributed by atoms with Crippen molar-refractivity contribution in [1.82, 2.24) is 15.0 Å². The summed E-state index contributed by atoms with van der Waals surface area (Å²) in [6.07, 6.45) is 13.3. The van der Waals surface area contributed by atoms with Crippen molar-refractivity contribution in [1.29, 1.82) is 0 Å². The number of nitrogens with two attached hydrogens (primary N) is 1. The van der Waals surface area contributed by atoms with E-state index in [0.717, 1.165) is 36.4 Å². The molecule has 1 aromatic rings. The number of hydrogen-bond donors (Lipinski definition) is 1. The van der Waals surface area contributed by atoms with Gasteiger partial charge in [-0.2, -0.15) is 0 Å². The van der Waals surface area contributed by atoms with Gasteiger partial charge < -0.3 is 5.73 Å². The molecule has 1 heterocycles. The lowest BCUT2D eigenvalue weighted by molar-refractivity contribution is -0.0596. The molecule has 4 nitrogen and oxygen atoms in total. The molecule has 110 valence electrons. The van der Waals surface area contributed by atoms with Crippen molar-refractivity contribution in [3.05, 3.63) is 11.9 Å². The molecule has 1 aromatic heterocycles. The Morgan fingerprint density at radius 2 is 1.80 bits per heavy atom. The Bertz CT molecular complexity index is 443. The number of rotatable bonds is 5. The average Bonchev–Trinajstić information content (AvgIpc) is 2.83. The second-order valence-electron chi connectivity index (χ2n) is 7.68. The van der Waals surface area contributed by atoms with Crippen LogP contribution in [-0.2, 0) is 13.0 Å². The lowest BCUT2D eigenvalue weighted by Gasteiger charge is -2.57. The Labute approximate surface area is 121 Å². The van der Waals surface area contributed by atoms with Gasteiger partial charge in [-0.15, -0.1) is 5.10 Å². The highest BCUT2D eigenvalue weighted by Gasteiger charge is 2.50. The zero-order valence-corrected chi connectivity index (χ0v) is 12.3. The van der Waals surface area contributed by atoms with E-state index in [-0.39, 0.29) is 0 Å². The molecule has 4 heteroatoms. The van der Waals surface area contributed by atoms with Crippen LogP contribution in [-0.4, -0.2) is 21.5 Å². The minimum Gasteiger partial charge on any atom is -0.330 e. The zero-order valence-electron chi connectivity index (χ0n) is 12.3. The molecule has 0 radical (unpaired) electrons. The van der Waals surface area contributed by atoms with Gasteiger partial charge in [0.2, 0.25) is 0 Å². The van der Waals surface area contributed by atoms with Gasteiger partial charge in [-0.25, -0.2) is 0 Å². The molecule has 4 fully saturated rings. The normalized spacial score (nSPS) is 38.5. The van der Waals surface area contributed by atoms with Crippen LogP contribution in [0.5, 0.6) is 0 Å². The van der Waals surface area contributed by atoms with Gasteiger partial charge in [-0.1, -0.05) is 5.21 Å². The number of nitrogens with zero attached hydrogens (tertiary/aromatic N) is 3. The van der Waals surface area contributed by atoms with E-state index in [2.05, 4.69) is 16.5 Å². The second kappa shape index (κ2) is 4.83. The van der Waals surface area contributed by atoms with Crippen molar-refractivity contribution in [3.63, 3.8) is 0 Å². The Morgan fingerprint density at radius 3 is 2.40 bits per heavy atom. The van der Waals surface area contributed by atoms with Gasteiger partial charge in [-0.3, -0.25) is 4.68 Å². The Morgan fingerprint density at radius 1 is 1.15 bits per heavy atom. The zero-order chi connectivity index (χ0) is 13.6. The standard InChI is InChI=1S/C16H26N4/c17-3-1-15-11-20(19-18-15)4-2-16-8-12-5-13(9-16)7-14(6-12)10-16/h11-14H,1-10,17H2. The molecule has 0 unspecified atom stereocenters. The predicted molar refractivity (Wildman–Crippen MR) is 78.0 cm³/mol. The third-order valence-electron chi connectivity index (χ3n) is 6.02. The van der Waals surface area contributed by atoms with Gasteiger partial charge in [0.1, 0.15) is 0 Å². The fourth-order valence-electron chi connectivity index (χ4n) is 5.66. The van der Waals surface area contributed by atoms with E-state index in [4.69, 9.17) is 5.73 Å². The van der Waals surface area contributed by atoms with E-state index >= 15 is 0 Å². The molecule has 4 saturated carbocycles. The van der Waals surface area contributed by atoms with Crippen LogP contribution in [0.2, 0.25) is 0 Å². The largest absolute Gasteiger partial charge is 0.330 e. The van der Waals surface area contributed by atoms with Crippen molar-refractivity contribution >= 4 is 0 Å². The molecular weight excluding hydrogens is 248 g/mol. The van der Waals surface area contributed by atoms with E-state index in [0.29, 0.717) is 12.0 Å². The van der Waals surface area contributed by atoms with Crippen molar-refractivity contribution < 1.29 is 0 Å². The molecule has 4 aliphatic rings. The Kier molecular flexibility index (Phi) is 3.09. The summed E-state index contributed by atoms with van der Waals surface area (Å²) in [7, 11) is 0. The maximum absolute atomic E-state index is 5.57. The number of aryl methyl sites for hydroxylation is 1. The van der Waals surface area contributed by atoms with Crippen molar-refractivity contribution in [2.45, 2.75) is 57.9 Å². The molecule has 5 rings (SSSR count). The van der Waals surface area contributed by atoms with Crippen LogP contribution < -0.4 is 5.73 Å². The summed E-state index contributed by atoms with van der Waals surface area (Å²) >= 11 is 0. The minimum absolute atomic E-state index is 0.648. The minimum atomic E-state index is 0.648. The van der Waals surface area contributed by atoms with E-state index in [1.807, 2.05) is 4.68 Å². The maximum Gasteiger partial charge on any atom is 0.0839 e. The van der Waals surface area contributed by atoms with Crippen molar-refractivity contribution in [2.75, 3.05) is 6.54 Å². The average molecular weight is 274 g/mol. The smallest absolute Gasteiger partial charge is 0.0839 e. The first-order valence-electron chi connectivity index (χ1n) is 8.34. The quantitative estimate of drug-likeness (QED) is 0.897. The van der Waals surface area contributed by atoms with Crippen LogP contribution in [0.1, 0.15) is 50.6 Å². The fourth-order valence-corrected chi connectivity index (χ4v) is 5.66. The van der Waals surface area contributed by atoms with Crippen LogP contribution in [0, 0.1) is 23.2 Å². The topological polar surface area (TPSA) is 56.7 Å². The molecule has 20 heavy (non-hydrogen) atoms. The van der Waals surface area contributed by atoms with Crippen LogP contribution in [0.4, 0.5) is 0 Å². The Hall–Kier alpha value is -0.900. The van der Waals surface area contributed by atoms with Crippen LogP contribution in [0.3, 0.4) is 0 Å². The molecule has 4 bridgehead atoms. The molecule has 0 saturated heterocycles. The van der Waals surface area contributed by atoms with E-state index in [1.54, 1.807) is 0 Å². The van der Waals surface area contributed by atoms with Gasteiger partial charge >= 0.3 is 0 Å². The number of aromatic nitrogens is 3. The highest BCUT2D eigenvalue weighted by atomic mass is 15.4. The maximum atomic E-state index is 5.57. The summed E-state index contributed by atoms with van der Waals surface area (Å²) in [5.74, 6) is 3.14. The van der Waals surface area contributed by atoms with Gasteiger partial charge in [0.05, 0.1) is 5.69 Å². The molecule has 0 aromatic carbocycles. The molecule has 0 aliphatic heterocycles. The van der Waals surface area contributed by atoms with Crippen LogP contribution >= 0.6 is 0 Å². The number of hydrogen-bond acceptors (Lipinski definition) is 3. The third-order valence-corrected chi connectivity index (χ3v) is 6.02. The molecule has 2 N–H and O–H groups in total. The molecule has 0 amide bonds. The SMILES string of the molecule is NCCc1cn(CCC23CC4CC(CC(C4)C2)C3)nn1.